The molecular formula is C23H32F3IN4O. The first kappa shape index (κ1) is 26.5. The van der Waals surface area contributed by atoms with Gasteiger partial charge in [0.15, 0.2) is 5.96 Å². The van der Waals surface area contributed by atoms with E-state index >= 15 is 0 Å². The zero-order valence-electron chi connectivity index (χ0n) is 18.8. The molecule has 3 rings (SSSR count). The van der Waals surface area contributed by atoms with Crippen LogP contribution in [0.25, 0.3) is 0 Å². The minimum absolute atomic E-state index is 0. The SMILES string of the molecule is CCNC(=NCC1(c2cccc(C(F)(F)F)c2)CCOCC1)N(C)Cc1cccn1C.I. The second-order valence-electron chi connectivity index (χ2n) is 8.11. The molecule has 0 amide bonds. The van der Waals surface area contributed by atoms with Crippen LogP contribution in [0.3, 0.4) is 0 Å². The van der Waals surface area contributed by atoms with Crippen LogP contribution in [0.1, 0.15) is 36.6 Å². The van der Waals surface area contributed by atoms with E-state index < -0.39 is 17.2 Å². The Morgan fingerprint density at radius 2 is 1.94 bits per heavy atom. The van der Waals surface area contributed by atoms with Crippen molar-refractivity contribution in [3.8, 4) is 0 Å². The summed E-state index contributed by atoms with van der Waals surface area (Å²) in [6.07, 6.45) is -1.09. The molecule has 178 valence electrons. The quantitative estimate of drug-likeness (QED) is 0.311. The Morgan fingerprint density at radius 3 is 2.53 bits per heavy atom. The van der Waals surface area contributed by atoms with Crippen molar-refractivity contribution < 1.29 is 17.9 Å². The number of aliphatic imine (C=N–C) groups is 1. The molecule has 1 fully saturated rings. The van der Waals surface area contributed by atoms with Crippen molar-refractivity contribution in [1.29, 1.82) is 0 Å². The number of rotatable bonds is 6. The number of aromatic nitrogens is 1. The van der Waals surface area contributed by atoms with E-state index in [1.54, 1.807) is 6.07 Å². The number of hydrogen-bond donors (Lipinski definition) is 1. The van der Waals surface area contributed by atoms with E-state index in [9.17, 15) is 13.2 Å². The summed E-state index contributed by atoms with van der Waals surface area (Å²) in [7, 11) is 3.97. The summed E-state index contributed by atoms with van der Waals surface area (Å²) in [6, 6.07) is 9.74. The molecule has 0 unspecified atom stereocenters. The maximum Gasteiger partial charge on any atom is 0.416 e. The number of nitrogens with zero attached hydrogens (tertiary/aromatic N) is 3. The zero-order chi connectivity index (χ0) is 22.5. The lowest BCUT2D eigenvalue weighted by molar-refractivity contribution is -0.137. The standard InChI is InChI=1S/C23H31F3N4O.HI/c1-4-27-21(30(3)16-20-9-6-12-29(20)2)28-17-22(10-13-31-14-11-22)18-7-5-8-19(15-18)23(24,25)26;/h5-9,12,15H,4,10-11,13-14,16-17H2,1-3H3,(H,27,28);1H. The molecule has 0 spiro atoms. The van der Waals surface area contributed by atoms with Crippen LogP contribution in [0, 0.1) is 0 Å². The zero-order valence-corrected chi connectivity index (χ0v) is 21.1. The van der Waals surface area contributed by atoms with Gasteiger partial charge in [0.05, 0.1) is 18.7 Å². The van der Waals surface area contributed by atoms with Gasteiger partial charge in [-0.3, -0.25) is 4.99 Å². The van der Waals surface area contributed by atoms with Crippen molar-refractivity contribution >= 4 is 29.9 Å². The fourth-order valence-electron chi connectivity index (χ4n) is 4.00. The second kappa shape index (κ2) is 11.4. The van der Waals surface area contributed by atoms with Crippen LogP contribution in [0.5, 0.6) is 0 Å². The maximum atomic E-state index is 13.3. The van der Waals surface area contributed by atoms with Gasteiger partial charge in [0.2, 0.25) is 0 Å². The van der Waals surface area contributed by atoms with Gasteiger partial charge in [-0.15, -0.1) is 24.0 Å². The van der Waals surface area contributed by atoms with Gasteiger partial charge >= 0.3 is 6.18 Å². The van der Waals surface area contributed by atoms with Gasteiger partial charge in [-0.1, -0.05) is 18.2 Å². The highest BCUT2D eigenvalue weighted by molar-refractivity contribution is 14.0. The highest BCUT2D eigenvalue weighted by atomic mass is 127. The largest absolute Gasteiger partial charge is 0.416 e. The average Bonchev–Trinajstić information content (AvgIpc) is 3.15. The number of halogens is 4. The molecule has 2 heterocycles. The second-order valence-corrected chi connectivity index (χ2v) is 8.11. The van der Waals surface area contributed by atoms with Gasteiger partial charge in [-0.25, -0.2) is 0 Å². The highest BCUT2D eigenvalue weighted by Crippen LogP contribution is 2.38. The van der Waals surface area contributed by atoms with E-state index in [-0.39, 0.29) is 24.0 Å². The monoisotopic (exact) mass is 564 g/mol. The van der Waals surface area contributed by atoms with Gasteiger partial charge in [-0.05, 0) is 43.5 Å². The molecule has 1 aliphatic rings. The molecule has 0 radical (unpaired) electrons. The third-order valence-electron chi connectivity index (χ3n) is 5.93. The van der Waals surface area contributed by atoms with E-state index in [0.29, 0.717) is 51.3 Å². The molecule has 1 aliphatic heterocycles. The first-order valence-corrected chi connectivity index (χ1v) is 10.6. The fraction of sp³-hybridized carbons (Fsp3) is 0.522. The van der Waals surface area contributed by atoms with Crippen LogP contribution in [-0.2, 0) is 29.9 Å². The molecule has 0 bridgehead atoms. The topological polar surface area (TPSA) is 41.8 Å². The molecular weight excluding hydrogens is 532 g/mol. The molecule has 2 aromatic rings. The lowest BCUT2D eigenvalue weighted by Crippen LogP contribution is -2.42. The van der Waals surface area contributed by atoms with Crippen molar-refractivity contribution in [2.45, 2.75) is 37.9 Å². The minimum Gasteiger partial charge on any atom is -0.381 e. The Kier molecular flexibility index (Phi) is 9.44. The van der Waals surface area contributed by atoms with Crippen molar-refractivity contribution in [3.05, 3.63) is 59.4 Å². The van der Waals surface area contributed by atoms with E-state index in [1.165, 1.54) is 12.1 Å². The van der Waals surface area contributed by atoms with Gasteiger partial charge in [0.25, 0.3) is 0 Å². The first-order chi connectivity index (χ1) is 14.7. The van der Waals surface area contributed by atoms with E-state index in [1.807, 2.05) is 38.2 Å². The van der Waals surface area contributed by atoms with Crippen LogP contribution in [0.15, 0.2) is 47.6 Å². The van der Waals surface area contributed by atoms with Crippen LogP contribution in [0.2, 0.25) is 0 Å². The Balaban J connectivity index is 0.00000363. The third kappa shape index (κ3) is 6.40. The summed E-state index contributed by atoms with van der Waals surface area (Å²) in [5.41, 5.74) is 0.723. The first-order valence-electron chi connectivity index (χ1n) is 10.6. The van der Waals surface area contributed by atoms with Crippen LogP contribution < -0.4 is 5.32 Å². The Hall–Kier alpha value is -1.75. The summed E-state index contributed by atoms with van der Waals surface area (Å²) < 4.78 is 47.6. The molecule has 1 aromatic carbocycles. The number of benzene rings is 1. The van der Waals surface area contributed by atoms with E-state index in [0.717, 1.165) is 17.7 Å². The lowest BCUT2D eigenvalue weighted by atomic mass is 9.74. The van der Waals surface area contributed by atoms with E-state index in [2.05, 4.69) is 16.0 Å². The van der Waals surface area contributed by atoms with Crippen molar-refractivity contribution in [2.24, 2.45) is 12.0 Å². The fourth-order valence-corrected chi connectivity index (χ4v) is 4.00. The van der Waals surface area contributed by atoms with Gasteiger partial charge in [0.1, 0.15) is 0 Å². The van der Waals surface area contributed by atoms with Crippen molar-refractivity contribution in [2.75, 3.05) is 33.4 Å². The number of nitrogens with one attached hydrogen (secondary N) is 1. The number of aryl methyl sites for hydroxylation is 1. The Morgan fingerprint density at radius 1 is 1.22 bits per heavy atom. The highest BCUT2D eigenvalue weighted by Gasteiger charge is 2.37. The van der Waals surface area contributed by atoms with Crippen LogP contribution >= 0.6 is 24.0 Å². The van der Waals surface area contributed by atoms with Gasteiger partial charge < -0.3 is 19.5 Å². The molecule has 0 aliphatic carbocycles. The van der Waals surface area contributed by atoms with Crippen molar-refractivity contribution in [3.63, 3.8) is 0 Å². The summed E-state index contributed by atoms with van der Waals surface area (Å²) in [5.74, 6) is 0.738. The average molecular weight is 564 g/mol. The normalized spacial score (nSPS) is 16.4. The van der Waals surface area contributed by atoms with Crippen LogP contribution in [0.4, 0.5) is 13.2 Å². The van der Waals surface area contributed by atoms with Crippen molar-refractivity contribution in [1.82, 2.24) is 14.8 Å². The Bertz CT molecular complexity index is 891. The number of hydrogen-bond acceptors (Lipinski definition) is 2. The molecule has 1 aromatic heterocycles. The molecule has 0 saturated carbocycles. The van der Waals surface area contributed by atoms with Crippen LogP contribution in [-0.4, -0.2) is 48.8 Å². The van der Waals surface area contributed by atoms with Gasteiger partial charge in [-0.2, -0.15) is 13.2 Å². The molecule has 0 atom stereocenters. The third-order valence-corrected chi connectivity index (χ3v) is 5.93. The lowest BCUT2D eigenvalue weighted by Gasteiger charge is -2.37. The van der Waals surface area contributed by atoms with Gasteiger partial charge in [0, 0.05) is 51.2 Å². The predicted octanol–water partition coefficient (Wildman–Crippen LogP) is 4.81. The summed E-state index contributed by atoms with van der Waals surface area (Å²) in [4.78, 5) is 6.91. The summed E-state index contributed by atoms with van der Waals surface area (Å²) >= 11 is 0. The van der Waals surface area contributed by atoms with E-state index in [4.69, 9.17) is 9.73 Å². The minimum atomic E-state index is -4.37. The predicted molar refractivity (Wildman–Crippen MR) is 131 cm³/mol. The molecule has 9 heteroatoms. The molecule has 1 saturated heterocycles. The Labute approximate surface area is 205 Å². The summed E-state index contributed by atoms with van der Waals surface area (Å²) in [5, 5.41) is 3.31. The number of alkyl halides is 3. The smallest absolute Gasteiger partial charge is 0.381 e. The maximum absolute atomic E-state index is 13.3. The molecule has 1 N–H and O–H groups in total. The number of guanidine groups is 1. The summed E-state index contributed by atoms with van der Waals surface area (Å²) in [6.45, 7) is 4.81. The molecule has 5 nitrogen and oxygen atoms in total. The molecule has 32 heavy (non-hydrogen) atoms. The number of ether oxygens (including phenoxy) is 1.